The van der Waals surface area contributed by atoms with Crippen LogP contribution < -0.4 is 10.5 Å². The molecular formula is C15H20N2O. The summed E-state index contributed by atoms with van der Waals surface area (Å²) in [5.41, 5.74) is 9.01. The van der Waals surface area contributed by atoms with E-state index in [0.29, 0.717) is 6.54 Å². The van der Waals surface area contributed by atoms with Gasteiger partial charge in [-0.2, -0.15) is 0 Å². The van der Waals surface area contributed by atoms with Gasteiger partial charge in [-0.1, -0.05) is 6.92 Å². The lowest BCUT2D eigenvalue weighted by Crippen LogP contribution is -2.02. The fraction of sp³-hybridized carbons (Fsp3) is 0.333. The Labute approximate surface area is 108 Å². The van der Waals surface area contributed by atoms with Crippen LogP contribution in [-0.2, 0) is 6.42 Å². The largest absolute Gasteiger partial charge is 0.494 e. The molecule has 1 heterocycles. The Balaban J connectivity index is 2.07. The van der Waals surface area contributed by atoms with Crippen molar-refractivity contribution >= 4 is 0 Å². The van der Waals surface area contributed by atoms with Crippen LogP contribution in [0, 0.1) is 0 Å². The van der Waals surface area contributed by atoms with Gasteiger partial charge in [-0.3, -0.25) is 0 Å². The number of nitrogens with one attached hydrogen (secondary N) is 1. The maximum absolute atomic E-state index is 5.56. The van der Waals surface area contributed by atoms with Crippen LogP contribution in [0.25, 0.3) is 11.3 Å². The molecule has 3 nitrogen and oxygen atoms in total. The monoisotopic (exact) mass is 244 g/mol. The third-order valence-electron chi connectivity index (χ3n) is 2.80. The second-order valence-corrected chi connectivity index (χ2v) is 4.31. The fourth-order valence-corrected chi connectivity index (χ4v) is 1.86. The Bertz CT molecular complexity index is 473. The minimum absolute atomic E-state index is 0.670. The lowest BCUT2D eigenvalue weighted by molar-refractivity contribution is 0.317. The molecule has 3 N–H and O–H groups in total. The molecule has 2 aromatic rings. The second-order valence-electron chi connectivity index (χ2n) is 4.31. The third-order valence-corrected chi connectivity index (χ3v) is 2.80. The molecule has 0 spiro atoms. The van der Waals surface area contributed by atoms with Crippen molar-refractivity contribution in [2.24, 2.45) is 5.73 Å². The summed E-state index contributed by atoms with van der Waals surface area (Å²) in [6.45, 7) is 3.54. The zero-order valence-corrected chi connectivity index (χ0v) is 10.8. The Morgan fingerprint density at radius 2 is 1.89 bits per heavy atom. The first-order chi connectivity index (χ1) is 8.83. The molecule has 3 heteroatoms. The summed E-state index contributed by atoms with van der Waals surface area (Å²) in [4.78, 5) is 3.37. The van der Waals surface area contributed by atoms with Crippen molar-refractivity contribution in [1.82, 2.24) is 4.98 Å². The second kappa shape index (κ2) is 6.26. The molecule has 0 aliphatic rings. The van der Waals surface area contributed by atoms with Crippen LogP contribution >= 0.6 is 0 Å². The smallest absolute Gasteiger partial charge is 0.119 e. The van der Waals surface area contributed by atoms with E-state index in [-0.39, 0.29) is 0 Å². The molecule has 2 rings (SSSR count). The van der Waals surface area contributed by atoms with Gasteiger partial charge in [0.2, 0.25) is 0 Å². The highest BCUT2D eigenvalue weighted by molar-refractivity contribution is 5.60. The number of benzene rings is 1. The summed E-state index contributed by atoms with van der Waals surface area (Å²) >= 11 is 0. The zero-order valence-electron chi connectivity index (χ0n) is 10.8. The van der Waals surface area contributed by atoms with E-state index in [1.54, 1.807) is 0 Å². The Hall–Kier alpha value is -1.74. The van der Waals surface area contributed by atoms with E-state index in [1.807, 2.05) is 12.1 Å². The maximum atomic E-state index is 5.56. The predicted octanol–water partition coefficient (Wildman–Crippen LogP) is 2.97. The van der Waals surface area contributed by atoms with Crippen LogP contribution in [0.5, 0.6) is 5.75 Å². The van der Waals surface area contributed by atoms with Gasteiger partial charge in [0.1, 0.15) is 5.75 Å². The molecule has 1 aromatic heterocycles. The van der Waals surface area contributed by atoms with E-state index in [0.717, 1.165) is 30.9 Å². The highest BCUT2D eigenvalue weighted by Crippen LogP contribution is 2.22. The van der Waals surface area contributed by atoms with E-state index >= 15 is 0 Å². The molecular weight excluding hydrogens is 224 g/mol. The van der Waals surface area contributed by atoms with E-state index in [4.69, 9.17) is 10.5 Å². The molecule has 0 aliphatic carbocycles. The van der Waals surface area contributed by atoms with Gasteiger partial charge >= 0.3 is 0 Å². The first kappa shape index (κ1) is 12.7. The molecule has 0 amide bonds. The van der Waals surface area contributed by atoms with Crippen molar-refractivity contribution in [1.29, 1.82) is 0 Å². The first-order valence-electron chi connectivity index (χ1n) is 6.44. The molecule has 1 aromatic carbocycles. The van der Waals surface area contributed by atoms with Crippen molar-refractivity contribution < 1.29 is 4.74 Å². The Morgan fingerprint density at radius 3 is 2.56 bits per heavy atom. The molecule has 18 heavy (non-hydrogen) atoms. The topological polar surface area (TPSA) is 51.0 Å². The minimum atomic E-state index is 0.670. The Kier molecular flexibility index (Phi) is 4.42. The van der Waals surface area contributed by atoms with Gasteiger partial charge < -0.3 is 15.5 Å². The number of hydrogen-bond acceptors (Lipinski definition) is 2. The van der Waals surface area contributed by atoms with Crippen molar-refractivity contribution in [2.45, 2.75) is 19.8 Å². The Morgan fingerprint density at radius 1 is 1.11 bits per heavy atom. The van der Waals surface area contributed by atoms with Gasteiger partial charge in [-0.15, -0.1) is 0 Å². The van der Waals surface area contributed by atoms with Gasteiger partial charge in [0, 0.05) is 11.4 Å². The molecule has 0 fully saturated rings. The van der Waals surface area contributed by atoms with Gasteiger partial charge in [-0.05, 0) is 61.3 Å². The number of ether oxygens (including phenoxy) is 1. The minimum Gasteiger partial charge on any atom is -0.494 e. The van der Waals surface area contributed by atoms with E-state index in [1.165, 1.54) is 11.3 Å². The van der Waals surface area contributed by atoms with Crippen LogP contribution in [-0.4, -0.2) is 18.1 Å². The average Bonchev–Trinajstić information content (AvgIpc) is 2.86. The maximum Gasteiger partial charge on any atom is 0.119 e. The van der Waals surface area contributed by atoms with Crippen LogP contribution in [0.3, 0.4) is 0 Å². The third kappa shape index (κ3) is 3.14. The summed E-state index contributed by atoms with van der Waals surface area (Å²) in [6, 6.07) is 12.3. The standard InChI is InChI=1S/C15H20N2O/c1-2-11-18-14-6-3-12(4-7-14)15-8-5-13(17-15)9-10-16/h3-8,17H,2,9-11,16H2,1H3. The number of rotatable bonds is 6. The van der Waals surface area contributed by atoms with E-state index < -0.39 is 0 Å². The van der Waals surface area contributed by atoms with Crippen molar-refractivity contribution in [3.8, 4) is 17.0 Å². The van der Waals surface area contributed by atoms with Gasteiger partial charge in [-0.25, -0.2) is 0 Å². The quantitative estimate of drug-likeness (QED) is 0.820. The molecule has 0 atom stereocenters. The molecule has 0 radical (unpaired) electrons. The van der Waals surface area contributed by atoms with Crippen molar-refractivity contribution in [3.63, 3.8) is 0 Å². The van der Waals surface area contributed by atoms with Crippen molar-refractivity contribution in [3.05, 3.63) is 42.1 Å². The lowest BCUT2D eigenvalue weighted by atomic mass is 10.1. The van der Waals surface area contributed by atoms with Crippen LogP contribution in [0.15, 0.2) is 36.4 Å². The lowest BCUT2D eigenvalue weighted by Gasteiger charge is -2.05. The molecule has 0 bridgehead atoms. The van der Waals surface area contributed by atoms with Gasteiger partial charge in [0.05, 0.1) is 6.61 Å². The summed E-state index contributed by atoms with van der Waals surface area (Å²) in [6.07, 6.45) is 1.92. The van der Waals surface area contributed by atoms with Gasteiger partial charge in [0.15, 0.2) is 0 Å². The zero-order chi connectivity index (χ0) is 12.8. The summed E-state index contributed by atoms with van der Waals surface area (Å²) < 4.78 is 5.56. The number of hydrogen-bond donors (Lipinski definition) is 2. The SMILES string of the molecule is CCCOc1ccc(-c2ccc(CCN)[nH]2)cc1. The summed E-state index contributed by atoms with van der Waals surface area (Å²) in [7, 11) is 0. The fourth-order valence-electron chi connectivity index (χ4n) is 1.86. The van der Waals surface area contributed by atoms with Crippen LogP contribution in [0.1, 0.15) is 19.0 Å². The predicted molar refractivity (Wildman–Crippen MR) is 74.8 cm³/mol. The molecule has 0 aliphatic heterocycles. The van der Waals surface area contributed by atoms with Crippen LogP contribution in [0.2, 0.25) is 0 Å². The van der Waals surface area contributed by atoms with Crippen LogP contribution in [0.4, 0.5) is 0 Å². The summed E-state index contributed by atoms with van der Waals surface area (Å²) in [5, 5.41) is 0. The number of H-pyrrole nitrogens is 1. The van der Waals surface area contributed by atoms with Gasteiger partial charge in [0.25, 0.3) is 0 Å². The van der Waals surface area contributed by atoms with E-state index in [9.17, 15) is 0 Å². The summed E-state index contributed by atoms with van der Waals surface area (Å²) in [5.74, 6) is 0.925. The normalized spacial score (nSPS) is 10.6. The number of aromatic nitrogens is 1. The molecule has 0 saturated heterocycles. The number of nitrogens with two attached hydrogens (primary N) is 1. The van der Waals surface area contributed by atoms with E-state index in [2.05, 4.69) is 36.2 Å². The highest BCUT2D eigenvalue weighted by atomic mass is 16.5. The molecule has 0 saturated carbocycles. The highest BCUT2D eigenvalue weighted by Gasteiger charge is 2.01. The van der Waals surface area contributed by atoms with Crippen molar-refractivity contribution in [2.75, 3.05) is 13.2 Å². The first-order valence-corrected chi connectivity index (χ1v) is 6.44. The number of aromatic amines is 1. The average molecular weight is 244 g/mol. The molecule has 96 valence electrons. The molecule has 0 unspecified atom stereocenters.